The maximum absolute atomic E-state index is 13.6. The quantitative estimate of drug-likeness (QED) is 0.478. The minimum absolute atomic E-state index is 0.0983. The molecular formula is C28H33BrN4O2. The minimum Gasteiger partial charge on any atom is -0.372 e. The number of ketones is 1. The molecule has 4 rings (SSSR count). The lowest BCUT2D eigenvalue weighted by Gasteiger charge is -2.39. The van der Waals surface area contributed by atoms with Crippen molar-refractivity contribution in [3.63, 3.8) is 0 Å². The predicted octanol–water partition coefficient (Wildman–Crippen LogP) is 5.93. The molecule has 184 valence electrons. The molecule has 2 N–H and O–H groups in total. The molecule has 1 unspecified atom stereocenters. The van der Waals surface area contributed by atoms with Crippen molar-refractivity contribution in [2.75, 3.05) is 23.3 Å². The van der Waals surface area contributed by atoms with Gasteiger partial charge in [-0.1, -0.05) is 26.0 Å². The molecular weight excluding hydrogens is 504 g/mol. The molecule has 1 atom stereocenters. The van der Waals surface area contributed by atoms with Crippen molar-refractivity contribution < 1.29 is 9.59 Å². The number of carbonyl (C=O) groups is 2. The van der Waals surface area contributed by atoms with Crippen molar-refractivity contribution in [1.29, 1.82) is 0 Å². The lowest BCUT2D eigenvalue weighted by atomic mass is 9.68. The Balaban J connectivity index is 1.78. The van der Waals surface area contributed by atoms with Gasteiger partial charge in [0, 0.05) is 64.3 Å². The molecule has 0 saturated heterocycles. The summed E-state index contributed by atoms with van der Waals surface area (Å²) < 4.78 is 0.835. The van der Waals surface area contributed by atoms with E-state index in [1.54, 1.807) is 12.3 Å². The summed E-state index contributed by atoms with van der Waals surface area (Å²) in [6.45, 7) is 12.2. The van der Waals surface area contributed by atoms with Crippen LogP contribution in [0.3, 0.4) is 0 Å². The Morgan fingerprint density at radius 3 is 2.43 bits per heavy atom. The van der Waals surface area contributed by atoms with Crippen molar-refractivity contribution in [3.8, 4) is 0 Å². The number of benzene rings is 1. The number of hydrogen-bond donors (Lipinski definition) is 2. The summed E-state index contributed by atoms with van der Waals surface area (Å²) in [5, 5.41) is 6.35. The van der Waals surface area contributed by atoms with Crippen LogP contribution in [0.1, 0.15) is 58.9 Å². The van der Waals surface area contributed by atoms with Crippen molar-refractivity contribution in [1.82, 2.24) is 10.3 Å². The lowest BCUT2D eigenvalue weighted by Crippen LogP contribution is -2.39. The van der Waals surface area contributed by atoms with E-state index in [-0.39, 0.29) is 17.1 Å². The van der Waals surface area contributed by atoms with E-state index in [1.807, 2.05) is 13.0 Å². The van der Waals surface area contributed by atoms with Crippen LogP contribution in [0.4, 0.5) is 11.5 Å². The highest BCUT2D eigenvalue weighted by Gasteiger charge is 2.42. The van der Waals surface area contributed by atoms with Gasteiger partial charge in [-0.05, 0) is 78.4 Å². The number of carbonyl (C=O) groups excluding carboxylic acids is 2. The monoisotopic (exact) mass is 536 g/mol. The molecule has 0 spiro atoms. The summed E-state index contributed by atoms with van der Waals surface area (Å²) in [7, 11) is 0. The van der Waals surface area contributed by atoms with Crippen LogP contribution >= 0.6 is 15.9 Å². The minimum atomic E-state index is -0.434. The first-order chi connectivity index (χ1) is 16.6. The Bertz CT molecular complexity index is 1190. The normalized spacial score (nSPS) is 19.3. The molecule has 1 aromatic heterocycles. The molecule has 2 heterocycles. The van der Waals surface area contributed by atoms with Gasteiger partial charge in [-0.15, -0.1) is 0 Å². The highest BCUT2D eigenvalue weighted by molar-refractivity contribution is 9.10. The van der Waals surface area contributed by atoms with Gasteiger partial charge in [0.2, 0.25) is 0 Å². The highest BCUT2D eigenvalue weighted by Crippen LogP contribution is 2.46. The first-order valence-corrected chi connectivity index (χ1v) is 12.9. The first kappa shape index (κ1) is 25.2. The molecule has 1 aromatic carbocycles. The Morgan fingerprint density at radius 1 is 1.14 bits per heavy atom. The smallest absolute Gasteiger partial charge is 0.255 e. The predicted molar refractivity (Wildman–Crippen MR) is 144 cm³/mol. The van der Waals surface area contributed by atoms with E-state index in [0.717, 1.165) is 46.6 Å². The summed E-state index contributed by atoms with van der Waals surface area (Å²) in [5.41, 5.74) is 4.90. The molecule has 0 saturated carbocycles. The van der Waals surface area contributed by atoms with Gasteiger partial charge < -0.3 is 15.5 Å². The van der Waals surface area contributed by atoms with Crippen molar-refractivity contribution in [2.45, 2.75) is 53.4 Å². The van der Waals surface area contributed by atoms with E-state index in [2.05, 4.69) is 88.4 Å². The third-order valence-electron chi connectivity index (χ3n) is 6.81. The summed E-state index contributed by atoms with van der Waals surface area (Å²) in [4.78, 5) is 33.7. The fraction of sp³-hybridized carbons (Fsp3) is 0.393. The number of halogens is 1. The molecule has 0 bridgehead atoms. The van der Waals surface area contributed by atoms with Gasteiger partial charge in [-0.2, -0.15) is 0 Å². The van der Waals surface area contributed by atoms with Crippen LogP contribution in [0.15, 0.2) is 69.6 Å². The SMILES string of the molecule is CCN(CC)c1ccc(C2C(C(=O)Nc3ccc(Br)cn3)=C(C)NC3=C2C(=O)CC(C)(C)C3)cc1. The first-order valence-electron chi connectivity index (χ1n) is 12.2. The second-order valence-electron chi connectivity index (χ2n) is 10.0. The fourth-order valence-corrected chi connectivity index (χ4v) is 5.40. The largest absolute Gasteiger partial charge is 0.372 e. The van der Waals surface area contributed by atoms with Crippen molar-refractivity contribution in [3.05, 3.63) is 75.2 Å². The summed E-state index contributed by atoms with van der Waals surface area (Å²) >= 11 is 3.38. The van der Waals surface area contributed by atoms with Crippen molar-refractivity contribution in [2.24, 2.45) is 5.41 Å². The van der Waals surface area contributed by atoms with Gasteiger partial charge >= 0.3 is 0 Å². The van der Waals surface area contributed by atoms with Gasteiger partial charge in [0.15, 0.2) is 5.78 Å². The third-order valence-corrected chi connectivity index (χ3v) is 7.28. The third kappa shape index (κ3) is 5.20. The topological polar surface area (TPSA) is 74.3 Å². The maximum atomic E-state index is 13.6. The van der Waals surface area contributed by atoms with Crippen LogP contribution in [-0.2, 0) is 9.59 Å². The van der Waals surface area contributed by atoms with Crippen molar-refractivity contribution >= 4 is 39.1 Å². The molecule has 7 heteroatoms. The van der Waals surface area contributed by atoms with E-state index in [1.165, 1.54) is 0 Å². The second-order valence-corrected chi connectivity index (χ2v) is 10.9. The molecule has 6 nitrogen and oxygen atoms in total. The zero-order valence-corrected chi connectivity index (χ0v) is 22.6. The average molecular weight is 538 g/mol. The number of anilines is 2. The zero-order chi connectivity index (χ0) is 25.3. The van der Waals surface area contributed by atoms with Crippen LogP contribution in [0.2, 0.25) is 0 Å². The van der Waals surface area contributed by atoms with Gasteiger partial charge in [0.1, 0.15) is 5.82 Å². The van der Waals surface area contributed by atoms with Gasteiger partial charge in [-0.3, -0.25) is 9.59 Å². The fourth-order valence-electron chi connectivity index (χ4n) is 5.17. The Morgan fingerprint density at radius 2 is 1.83 bits per heavy atom. The van der Waals surface area contributed by atoms with E-state index in [0.29, 0.717) is 23.4 Å². The van der Waals surface area contributed by atoms with E-state index in [4.69, 9.17) is 0 Å². The molecule has 1 amide bonds. The number of aromatic nitrogens is 1. The molecule has 0 radical (unpaired) electrons. The van der Waals surface area contributed by atoms with E-state index >= 15 is 0 Å². The number of nitrogens with one attached hydrogen (secondary N) is 2. The molecule has 35 heavy (non-hydrogen) atoms. The number of allylic oxidation sites excluding steroid dienone is 3. The standard InChI is InChI=1S/C28H33BrN4O2/c1-6-33(7-2)20-11-8-18(9-12-20)25-24(27(35)32-23-13-10-19(29)16-30-23)17(3)31-21-14-28(4,5)15-22(34)26(21)25/h8-13,16,25,31H,6-7,14-15H2,1-5H3,(H,30,32,35). The number of dihydropyridines is 1. The number of rotatable bonds is 6. The maximum Gasteiger partial charge on any atom is 0.255 e. The summed E-state index contributed by atoms with van der Waals surface area (Å²) in [5.74, 6) is -0.131. The number of Topliss-reactive ketones (excluding diaryl/α,β-unsaturated/α-hetero) is 1. The number of hydrogen-bond acceptors (Lipinski definition) is 5. The molecule has 2 aliphatic rings. The van der Waals surface area contributed by atoms with Gasteiger partial charge in [0.25, 0.3) is 5.91 Å². The van der Waals surface area contributed by atoms with Crippen LogP contribution in [-0.4, -0.2) is 29.8 Å². The molecule has 1 aliphatic carbocycles. The molecule has 1 aliphatic heterocycles. The number of pyridine rings is 1. The zero-order valence-electron chi connectivity index (χ0n) is 21.0. The van der Waals surface area contributed by atoms with Crippen LogP contribution in [0.25, 0.3) is 0 Å². The Kier molecular flexibility index (Phi) is 7.17. The van der Waals surface area contributed by atoms with Gasteiger partial charge in [-0.25, -0.2) is 4.98 Å². The molecule has 0 fully saturated rings. The van der Waals surface area contributed by atoms with Gasteiger partial charge in [0.05, 0.1) is 0 Å². The average Bonchev–Trinajstić information content (AvgIpc) is 2.80. The Labute approximate surface area is 216 Å². The second kappa shape index (κ2) is 9.97. The summed E-state index contributed by atoms with van der Waals surface area (Å²) in [6, 6.07) is 11.9. The van der Waals surface area contributed by atoms with E-state index in [9.17, 15) is 9.59 Å². The number of nitrogens with zero attached hydrogens (tertiary/aromatic N) is 2. The highest BCUT2D eigenvalue weighted by atomic mass is 79.9. The lowest BCUT2D eigenvalue weighted by molar-refractivity contribution is -0.118. The van der Waals surface area contributed by atoms with Crippen LogP contribution < -0.4 is 15.5 Å². The van der Waals surface area contributed by atoms with E-state index < -0.39 is 5.92 Å². The Hall–Kier alpha value is -2.93. The molecule has 2 aromatic rings. The van der Waals surface area contributed by atoms with Crippen LogP contribution in [0, 0.1) is 5.41 Å². The van der Waals surface area contributed by atoms with Crippen LogP contribution in [0.5, 0.6) is 0 Å². The summed E-state index contributed by atoms with van der Waals surface area (Å²) in [6.07, 6.45) is 2.87. The number of amides is 1.